The second-order valence-electron chi connectivity index (χ2n) is 3.89. The minimum Gasteiger partial charge on any atom is -0.381 e. The van der Waals surface area contributed by atoms with Gasteiger partial charge in [0.25, 0.3) is 0 Å². The zero-order chi connectivity index (χ0) is 13.7. The number of aromatic nitrogens is 2. The van der Waals surface area contributed by atoms with Crippen molar-refractivity contribution in [2.75, 3.05) is 30.8 Å². The van der Waals surface area contributed by atoms with E-state index in [4.69, 9.17) is 16.2 Å². The fourth-order valence-electron chi connectivity index (χ4n) is 1.56. The Morgan fingerprint density at radius 2 is 1.95 bits per heavy atom. The lowest BCUT2D eigenvalue weighted by molar-refractivity contribution is -0.122. The van der Waals surface area contributed by atoms with Crippen molar-refractivity contribution in [2.24, 2.45) is 5.73 Å². The minimum absolute atomic E-state index is 0.0967. The van der Waals surface area contributed by atoms with Gasteiger partial charge in [-0.05, 0) is 12.1 Å². The Hall–Kier alpha value is -2.41. The molecule has 1 amide bonds. The molecule has 0 aliphatic carbocycles. The largest absolute Gasteiger partial charge is 0.381 e. The summed E-state index contributed by atoms with van der Waals surface area (Å²) in [7, 11) is 0. The number of nitrogens with two attached hydrogens (primary N) is 2. The topological polar surface area (TPSA) is 116 Å². The molecule has 100 valence electrons. The van der Waals surface area contributed by atoms with Crippen molar-refractivity contribution in [3.8, 4) is 0 Å². The number of hydrogen-bond donors (Lipinski definition) is 3. The predicted molar refractivity (Wildman–Crippen MR) is 72.5 cm³/mol. The van der Waals surface area contributed by atoms with E-state index in [-0.39, 0.29) is 6.61 Å². The van der Waals surface area contributed by atoms with E-state index in [0.717, 1.165) is 11.0 Å². The summed E-state index contributed by atoms with van der Waals surface area (Å²) in [6.07, 6.45) is 0. The third-order valence-electron chi connectivity index (χ3n) is 2.38. The van der Waals surface area contributed by atoms with Gasteiger partial charge in [-0.3, -0.25) is 4.79 Å². The van der Waals surface area contributed by atoms with E-state index in [9.17, 15) is 4.79 Å². The molecule has 0 spiro atoms. The third-order valence-corrected chi connectivity index (χ3v) is 2.38. The van der Waals surface area contributed by atoms with Gasteiger partial charge >= 0.3 is 0 Å². The SMILES string of the molecule is NC(=O)COCCNc1nc2ccccc2nc1N. The number of carbonyl (C=O) groups excluding carboxylic acids is 1. The minimum atomic E-state index is -0.495. The number of benzene rings is 1. The monoisotopic (exact) mass is 261 g/mol. The van der Waals surface area contributed by atoms with Crippen LogP contribution in [0.25, 0.3) is 11.0 Å². The van der Waals surface area contributed by atoms with Gasteiger partial charge in [0.15, 0.2) is 11.6 Å². The highest BCUT2D eigenvalue weighted by atomic mass is 16.5. The first-order chi connectivity index (χ1) is 9.16. The fourth-order valence-corrected chi connectivity index (χ4v) is 1.56. The highest BCUT2D eigenvalue weighted by molar-refractivity contribution is 5.79. The smallest absolute Gasteiger partial charge is 0.243 e. The zero-order valence-corrected chi connectivity index (χ0v) is 10.3. The molecule has 5 N–H and O–H groups in total. The molecule has 19 heavy (non-hydrogen) atoms. The lowest BCUT2D eigenvalue weighted by atomic mass is 10.3. The molecule has 0 saturated carbocycles. The number of para-hydroxylation sites is 2. The summed E-state index contributed by atoms with van der Waals surface area (Å²) >= 11 is 0. The summed E-state index contributed by atoms with van der Waals surface area (Å²) in [6, 6.07) is 7.46. The molecule has 7 nitrogen and oxygen atoms in total. The van der Waals surface area contributed by atoms with E-state index in [1.54, 1.807) is 0 Å². The van der Waals surface area contributed by atoms with Crippen LogP contribution in [0.2, 0.25) is 0 Å². The Bertz CT molecular complexity index is 587. The molecule has 2 aromatic rings. The van der Waals surface area contributed by atoms with Gasteiger partial charge in [-0.1, -0.05) is 12.1 Å². The molecule has 0 atom stereocenters. The molecular formula is C12H15N5O2. The molecular weight excluding hydrogens is 246 g/mol. The number of hydrogen-bond acceptors (Lipinski definition) is 6. The van der Waals surface area contributed by atoms with Gasteiger partial charge in [-0.15, -0.1) is 0 Å². The number of amides is 1. The summed E-state index contributed by atoms with van der Waals surface area (Å²) in [4.78, 5) is 19.1. The standard InChI is InChI=1S/C12H15N5O2/c13-10(18)7-19-6-5-15-12-11(14)16-8-3-1-2-4-9(8)17-12/h1-4H,5-7H2,(H2,13,18)(H2,14,16)(H,15,17). The van der Waals surface area contributed by atoms with E-state index in [0.29, 0.717) is 24.8 Å². The molecule has 0 radical (unpaired) electrons. The fraction of sp³-hybridized carbons (Fsp3) is 0.250. The second-order valence-corrected chi connectivity index (χ2v) is 3.89. The average Bonchev–Trinajstić information content (AvgIpc) is 2.38. The lowest BCUT2D eigenvalue weighted by Gasteiger charge is -2.08. The Morgan fingerprint density at radius 3 is 2.63 bits per heavy atom. The first-order valence-corrected chi connectivity index (χ1v) is 5.79. The van der Waals surface area contributed by atoms with Crippen molar-refractivity contribution in [1.29, 1.82) is 0 Å². The van der Waals surface area contributed by atoms with Crippen LogP contribution in [0.3, 0.4) is 0 Å². The first kappa shape index (κ1) is 13.0. The van der Waals surface area contributed by atoms with Crippen molar-refractivity contribution < 1.29 is 9.53 Å². The van der Waals surface area contributed by atoms with Gasteiger partial charge in [0, 0.05) is 6.54 Å². The summed E-state index contributed by atoms with van der Waals surface area (Å²) in [5.41, 5.74) is 12.3. The zero-order valence-electron chi connectivity index (χ0n) is 10.3. The molecule has 1 aromatic heterocycles. The number of fused-ring (bicyclic) bond motifs is 1. The van der Waals surface area contributed by atoms with Gasteiger partial charge in [0.05, 0.1) is 17.6 Å². The van der Waals surface area contributed by atoms with Crippen molar-refractivity contribution in [1.82, 2.24) is 9.97 Å². The average molecular weight is 261 g/mol. The van der Waals surface area contributed by atoms with Crippen molar-refractivity contribution >= 4 is 28.6 Å². The summed E-state index contributed by atoms with van der Waals surface area (Å²) in [5, 5.41) is 3.00. The van der Waals surface area contributed by atoms with E-state index in [1.807, 2.05) is 24.3 Å². The van der Waals surface area contributed by atoms with Crippen LogP contribution in [0.4, 0.5) is 11.6 Å². The maximum atomic E-state index is 10.5. The van der Waals surface area contributed by atoms with E-state index >= 15 is 0 Å². The number of nitrogens with zero attached hydrogens (tertiary/aromatic N) is 2. The maximum absolute atomic E-state index is 10.5. The molecule has 0 saturated heterocycles. The van der Waals surface area contributed by atoms with Crippen molar-refractivity contribution in [2.45, 2.75) is 0 Å². The lowest BCUT2D eigenvalue weighted by Crippen LogP contribution is -2.21. The summed E-state index contributed by atoms with van der Waals surface area (Å²) in [5.74, 6) is 0.333. The number of primary amides is 1. The second kappa shape index (κ2) is 5.96. The van der Waals surface area contributed by atoms with Crippen LogP contribution in [0, 0.1) is 0 Å². The number of nitrogens with one attached hydrogen (secondary N) is 1. The molecule has 2 rings (SSSR count). The predicted octanol–water partition coefficient (Wildman–Crippen LogP) is 0.126. The number of carbonyl (C=O) groups is 1. The molecule has 0 fully saturated rings. The van der Waals surface area contributed by atoms with Crippen LogP contribution in [-0.2, 0) is 9.53 Å². The summed E-state index contributed by atoms with van der Waals surface area (Å²) < 4.78 is 5.02. The van der Waals surface area contributed by atoms with Crippen LogP contribution in [-0.4, -0.2) is 35.6 Å². The van der Waals surface area contributed by atoms with Gasteiger partial charge in [-0.25, -0.2) is 9.97 Å². The molecule has 7 heteroatoms. The van der Waals surface area contributed by atoms with E-state index < -0.39 is 5.91 Å². The molecule has 0 aliphatic rings. The quantitative estimate of drug-likeness (QED) is 0.636. The third kappa shape index (κ3) is 3.52. The van der Waals surface area contributed by atoms with E-state index in [2.05, 4.69) is 15.3 Å². The van der Waals surface area contributed by atoms with Crippen LogP contribution in [0.1, 0.15) is 0 Å². The summed E-state index contributed by atoms with van der Waals surface area (Å²) in [6.45, 7) is 0.696. The number of ether oxygens (including phenoxy) is 1. The van der Waals surface area contributed by atoms with Crippen LogP contribution in [0.15, 0.2) is 24.3 Å². The van der Waals surface area contributed by atoms with Gasteiger partial charge in [-0.2, -0.15) is 0 Å². The van der Waals surface area contributed by atoms with Crippen LogP contribution < -0.4 is 16.8 Å². The van der Waals surface area contributed by atoms with Gasteiger partial charge in [0.1, 0.15) is 6.61 Å². The molecule has 1 heterocycles. The molecule has 1 aromatic carbocycles. The Labute approximate surface area is 110 Å². The maximum Gasteiger partial charge on any atom is 0.243 e. The Morgan fingerprint density at radius 1 is 1.26 bits per heavy atom. The normalized spacial score (nSPS) is 10.5. The van der Waals surface area contributed by atoms with Crippen LogP contribution in [0.5, 0.6) is 0 Å². The highest BCUT2D eigenvalue weighted by Crippen LogP contribution is 2.17. The molecule has 0 unspecified atom stereocenters. The van der Waals surface area contributed by atoms with Gasteiger partial charge < -0.3 is 21.5 Å². The Balaban J connectivity index is 1.96. The first-order valence-electron chi connectivity index (χ1n) is 5.79. The van der Waals surface area contributed by atoms with Crippen LogP contribution >= 0.6 is 0 Å². The molecule has 0 bridgehead atoms. The van der Waals surface area contributed by atoms with Crippen molar-refractivity contribution in [3.05, 3.63) is 24.3 Å². The number of anilines is 2. The highest BCUT2D eigenvalue weighted by Gasteiger charge is 2.04. The van der Waals surface area contributed by atoms with E-state index in [1.165, 1.54) is 0 Å². The van der Waals surface area contributed by atoms with Gasteiger partial charge in [0.2, 0.25) is 5.91 Å². The molecule has 0 aliphatic heterocycles. The Kier molecular flexibility index (Phi) is 4.09. The number of rotatable bonds is 6. The number of nitrogen functional groups attached to an aromatic ring is 1. The van der Waals surface area contributed by atoms with Crippen molar-refractivity contribution in [3.63, 3.8) is 0 Å².